The molecule has 0 bridgehead atoms. The van der Waals surface area contributed by atoms with E-state index in [2.05, 4.69) is 37.5 Å². The molecule has 1 saturated heterocycles. The van der Waals surface area contributed by atoms with Gasteiger partial charge in [-0.2, -0.15) is 0 Å². The fourth-order valence-electron chi connectivity index (χ4n) is 2.74. The number of alkyl halides is 2. The van der Waals surface area contributed by atoms with Crippen LogP contribution in [-0.4, -0.2) is 42.1 Å². The van der Waals surface area contributed by atoms with Crippen molar-refractivity contribution in [1.29, 1.82) is 0 Å². The second-order valence-corrected chi connectivity index (χ2v) is 6.78. The maximum absolute atomic E-state index is 12.3. The molecule has 1 aliphatic heterocycles. The Morgan fingerprint density at radius 1 is 1.46 bits per heavy atom. The van der Waals surface area contributed by atoms with Crippen LogP contribution in [-0.2, 0) is 16.0 Å². The lowest BCUT2D eigenvalue weighted by molar-refractivity contribution is -0.148. The molecule has 1 aliphatic rings. The molecule has 0 aromatic carbocycles. The van der Waals surface area contributed by atoms with Gasteiger partial charge in [-0.1, -0.05) is 0 Å². The van der Waals surface area contributed by atoms with Gasteiger partial charge in [-0.25, -0.2) is 18.7 Å². The first kappa shape index (κ1) is 19.3. The minimum Gasteiger partial charge on any atom is -0.466 e. The van der Waals surface area contributed by atoms with Gasteiger partial charge in [0, 0.05) is 19.5 Å². The van der Waals surface area contributed by atoms with E-state index >= 15 is 0 Å². The van der Waals surface area contributed by atoms with E-state index in [-0.39, 0.29) is 18.3 Å². The number of carbonyl (C=O) groups excluding carboxylic acids is 1. The molecule has 0 radical (unpaired) electrons. The van der Waals surface area contributed by atoms with Crippen molar-refractivity contribution in [2.24, 2.45) is 5.92 Å². The van der Waals surface area contributed by atoms with Crippen LogP contribution in [0.1, 0.15) is 38.3 Å². The Balaban J connectivity index is 1.94. The summed E-state index contributed by atoms with van der Waals surface area (Å²) in [7, 11) is 0. The number of aryl methyl sites for hydroxylation is 1. The highest BCUT2D eigenvalue weighted by molar-refractivity contribution is 14.1. The summed E-state index contributed by atoms with van der Waals surface area (Å²) in [6, 6.07) is 0. The molecule has 5 nitrogen and oxygen atoms in total. The molecule has 1 aromatic heterocycles. The highest BCUT2D eigenvalue weighted by atomic mass is 127. The highest BCUT2D eigenvalue weighted by Gasteiger charge is 2.27. The zero-order chi connectivity index (χ0) is 17.5. The van der Waals surface area contributed by atoms with Gasteiger partial charge in [-0.05, 0) is 55.2 Å². The number of carbonyl (C=O) groups is 1. The number of piperidine rings is 1. The van der Waals surface area contributed by atoms with Crippen LogP contribution in [0.25, 0.3) is 0 Å². The van der Waals surface area contributed by atoms with E-state index in [1.165, 1.54) is 0 Å². The number of hydrogen-bond donors (Lipinski definition) is 0. The zero-order valence-corrected chi connectivity index (χ0v) is 15.8. The minimum atomic E-state index is -2.28. The lowest BCUT2D eigenvalue weighted by Gasteiger charge is -2.31. The summed E-state index contributed by atoms with van der Waals surface area (Å²) in [5.41, 5.74) is 0.765. The van der Waals surface area contributed by atoms with Crippen LogP contribution in [0, 0.1) is 9.62 Å². The summed E-state index contributed by atoms with van der Waals surface area (Å²) >= 11 is 2.09. The van der Waals surface area contributed by atoms with Crippen LogP contribution >= 0.6 is 22.6 Å². The smallest absolute Gasteiger partial charge is 0.309 e. The molecule has 0 N–H and O–H groups in total. The third kappa shape index (κ3) is 5.49. The molecule has 0 atom stereocenters. The number of anilines is 1. The van der Waals surface area contributed by atoms with Crippen molar-refractivity contribution in [3.05, 3.63) is 15.6 Å². The molecular formula is C16H22F2IN3O2. The van der Waals surface area contributed by atoms with Crippen molar-refractivity contribution in [2.75, 3.05) is 24.6 Å². The Bertz CT molecular complexity index is 552. The van der Waals surface area contributed by atoms with Gasteiger partial charge in [0.25, 0.3) is 0 Å². The quantitative estimate of drug-likeness (QED) is 0.468. The lowest BCUT2D eigenvalue weighted by atomic mass is 9.97. The molecule has 0 unspecified atom stereocenters. The van der Waals surface area contributed by atoms with E-state index in [0.29, 0.717) is 19.4 Å². The van der Waals surface area contributed by atoms with Gasteiger partial charge in [-0.3, -0.25) is 4.79 Å². The Morgan fingerprint density at radius 3 is 2.79 bits per heavy atom. The largest absolute Gasteiger partial charge is 0.466 e. The van der Waals surface area contributed by atoms with Gasteiger partial charge in [0.2, 0.25) is 6.43 Å². The van der Waals surface area contributed by atoms with Gasteiger partial charge >= 0.3 is 5.97 Å². The third-order valence-corrected chi connectivity index (χ3v) is 4.96. The molecule has 0 saturated carbocycles. The van der Waals surface area contributed by atoms with Crippen LogP contribution < -0.4 is 4.90 Å². The molecule has 1 aromatic rings. The predicted octanol–water partition coefficient (Wildman–Crippen LogP) is 3.45. The first-order valence-corrected chi connectivity index (χ1v) is 9.30. The Morgan fingerprint density at radius 2 is 2.17 bits per heavy atom. The van der Waals surface area contributed by atoms with Crippen molar-refractivity contribution >= 4 is 34.4 Å². The summed E-state index contributed by atoms with van der Waals surface area (Å²) in [6.45, 7) is 3.65. The topological polar surface area (TPSA) is 55.3 Å². The number of ether oxygens (including phenoxy) is 1. The number of rotatable bonds is 7. The maximum Gasteiger partial charge on any atom is 0.309 e. The normalized spacial score (nSPS) is 15.8. The van der Waals surface area contributed by atoms with Crippen LogP contribution in [0.4, 0.5) is 14.6 Å². The van der Waals surface area contributed by atoms with Crippen molar-refractivity contribution in [3.63, 3.8) is 0 Å². The molecular weight excluding hydrogens is 431 g/mol. The van der Waals surface area contributed by atoms with Gasteiger partial charge in [0.05, 0.1) is 24.4 Å². The van der Waals surface area contributed by atoms with Crippen LogP contribution in [0.15, 0.2) is 6.20 Å². The number of aromatic nitrogens is 2. The van der Waals surface area contributed by atoms with Crippen LogP contribution in [0.3, 0.4) is 0 Å². The molecule has 0 spiro atoms. The molecule has 24 heavy (non-hydrogen) atoms. The van der Waals surface area contributed by atoms with E-state index in [4.69, 9.17) is 4.74 Å². The van der Waals surface area contributed by atoms with Crippen LogP contribution in [0.2, 0.25) is 0 Å². The monoisotopic (exact) mass is 453 g/mol. The van der Waals surface area contributed by atoms with Crippen molar-refractivity contribution in [3.8, 4) is 0 Å². The minimum absolute atomic E-state index is 0.0523. The fraction of sp³-hybridized carbons (Fsp3) is 0.688. The summed E-state index contributed by atoms with van der Waals surface area (Å²) in [6.07, 6.45) is 1.68. The van der Waals surface area contributed by atoms with Crippen molar-refractivity contribution in [2.45, 2.75) is 45.5 Å². The van der Waals surface area contributed by atoms with Gasteiger partial charge in [0.1, 0.15) is 9.52 Å². The van der Waals surface area contributed by atoms with Gasteiger partial charge < -0.3 is 9.64 Å². The molecule has 0 amide bonds. The fourth-order valence-corrected chi connectivity index (χ4v) is 3.27. The second-order valence-electron chi connectivity index (χ2n) is 5.76. The summed E-state index contributed by atoms with van der Waals surface area (Å²) in [4.78, 5) is 22.8. The Labute approximate surface area is 154 Å². The maximum atomic E-state index is 12.3. The summed E-state index contributed by atoms with van der Waals surface area (Å²) < 4.78 is 30.4. The summed E-state index contributed by atoms with van der Waals surface area (Å²) in [5.74, 6) is 0.576. The molecule has 1 fully saturated rings. The predicted molar refractivity (Wildman–Crippen MR) is 95.3 cm³/mol. The van der Waals surface area contributed by atoms with E-state index < -0.39 is 6.43 Å². The number of halogens is 3. The lowest BCUT2D eigenvalue weighted by Crippen LogP contribution is -2.37. The average molecular weight is 453 g/mol. The average Bonchev–Trinajstić information content (AvgIpc) is 2.56. The molecule has 2 heterocycles. The van der Waals surface area contributed by atoms with Crippen LogP contribution in [0.5, 0.6) is 0 Å². The zero-order valence-electron chi connectivity index (χ0n) is 13.7. The SMILES string of the molecule is CCOC(=O)C1CCN(c2cnc(I)c(CCCC(F)F)n2)CC1. The first-order chi connectivity index (χ1) is 11.5. The van der Waals surface area contributed by atoms with E-state index in [0.717, 1.165) is 41.1 Å². The standard InChI is InChI=1S/C16H22F2IN3O2/c1-2-24-16(23)11-6-8-22(9-7-11)14-10-20-15(19)12(21-14)4-3-5-13(17)18/h10-11,13H,2-9H2,1H3. The molecule has 2 rings (SSSR count). The number of nitrogens with zero attached hydrogens (tertiary/aromatic N) is 3. The van der Waals surface area contributed by atoms with Crippen molar-refractivity contribution in [1.82, 2.24) is 9.97 Å². The Hall–Kier alpha value is -1.06. The van der Waals surface area contributed by atoms with Gasteiger partial charge in [-0.15, -0.1) is 0 Å². The van der Waals surface area contributed by atoms with E-state index in [1.54, 1.807) is 6.20 Å². The highest BCUT2D eigenvalue weighted by Crippen LogP contribution is 2.24. The van der Waals surface area contributed by atoms with Crippen molar-refractivity contribution < 1.29 is 18.3 Å². The molecule has 0 aliphatic carbocycles. The van der Waals surface area contributed by atoms with Gasteiger partial charge in [0.15, 0.2) is 0 Å². The van der Waals surface area contributed by atoms with E-state index in [9.17, 15) is 13.6 Å². The summed E-state index contributed by atoms with van der Waals surface area (Å²) in [5, 5.41) is 0. The van der Waals surface area contributed by atoms with E-state index in [1.807, 2.05) is 6.92 Å². The number of esters is 1. The molecule has 134 valence electrons. The Kier molecular flexibility index (Phi) is 7.57. The molecule has 8 heteroatoms. The first-order valence-electron chi connectivity index (χ1n) is 8.22. The second kappa shape index (κ2) is 9.43. The number of hydrogen-bond acceptors (Lipinski definition) is 5. The third-order valence-electron chi connectivity index (χ3n) is 4.06.